The summed E-state index contributed by atoms with van der Waals surface area (Å²) in [7, 11) is 0. The van der Waals surface area contributed by atoms with E-state index in [1.165, 1.54) is 4.88 Å². The van der Waals surface area contributed by atoms with Gasteiger partial charge in [-0.05, 0) is 32.1 Å². The molecule has 0 spiro atoms. The molecule has 0 saturated carbocycles. The molecular formula is C13H15N3OS. The minimum absolute atomic E-state index is 0.0500. The first-order chi connectivity index (χ1) is 8.65. The van der Waals surface area contributed by atoms with Gasteiger partial charge in [0.15, 0.2) is 0 Å². The van der Waals surface area contributed by atoms with Crippen molar-refractivity contribution in [1.82, 2.24) is 15.5 Å². The Kier molecular flexibility index (Phi) is 3.94. The van der Waals surface area contributed by atoms with Crippen molar-refractivity contribution in [3.63, 3.8) is 0 Å². The molecule has 0 aromatic carbocycles. The van der Waals surface area contributed by atoms with Crippen molar-refractivity contribution in [3.05, 3.63) is 45.9 Å². The van der Waals surface area contributed by atoms with Crippen molar-refractivity contribution in [2.45, 2.75) is 19.9 Å². The number of aromatic amines is 1. The van der Waals surface area contributed by atoms with E-state index in [9.17, 15) is 4.79 Å². The van der Waals surface area contributed by atoms with Crippen LogP contribution in [0.15, 0.2) is 30.6 Å². The van der Waals surface area contributed by atoms with Crippen LogP contribution < -0.4 is 5.32 Å². The summed E-state index contributed by atoms with van der Waals surface area (Å²) in [6.07, 6.45) is 6.87. The van der Waals surface area contributed by atoms with Crippen LogP contribution in [0.3, 0.4) is 0 Å². The average Bonchev–Trinajstić information content (AvgIpc) is 2.97. The fraction of sp³-hybridized carbons (Fsp3) is 0.231. The largest absolute Gasteiger partial charge is 0.346 e. The maximum atomic E-state index is 11.7. The van der Waals surface area contributed by atoms with Gasteiger partial charge in [0.25, 0.3) is 0 Å². The van der Waals surface area contributed by atoms with Gasteiger partial charge in [-0.2, -0.15) is 5.10 Å². The molecule has 0 bridgehead atoms. The smallest absolute Gasteiger partial charge is 0.244 e. The Morgan fingerprint density at radius 1 is 1.56 bits per heavy atom. The first kappa shape index (κ1) is 12.6. The summed E-state index contributed by atoms with van der Waals surface area (Å²) in [4.78, 5) is 14.0. The highest BCUT2D eigenvalue weighted by Crippen LogP contribution is 2.16. The number of carbonyl (C=O) groups excluding carboxylic acids is 1. The number of nitrogens with zero attached hydrogens (tertiary/aromatic N) is 1. The Hall–Kier alpha value is -1.88. The van der Waals surface area contributed by atoms with Crippen LogP contribution in [-0.2, 0) is 4.79 Å². The van der Waals surface area contributed by atoms with Crippen molar-refractivity contribution in [2.75, 3.05) is 0 Å². The predicted octanol–water partition coefficient (Wildman–Crippen LogP) is 2.67. The minimum Gasteiger partial charge on any atom is -0.346 e. The quantitative estimate of drug-likeness (QED) is 0.831. The van der Waals surface area contributed by atoms with Crippen molar-refractivity contribution >= 4 is 23.3 Å². The molecule has 0 aliphatic heterocycles. The van der Waals surface area contributed by atoms with Crippen LogP contribution in [0.1, 0.15) is 28.3 Å². The predicted molar refractivity (Wildman–Crippen MR) is 73.2 cm³/mol. The van der Waals surface area contributed by atoms with Crippen LogP contribution in [-0.4, -0.2) is 16.1 Å². The van der Waals surface area contributed by atoms with Crippen LogP contribution in [0, 0.1) is 6.92 Å². The summed E-state index contributed by atoms with van der Waals surface area (Å²) in [6, 6.07) is 3.99. The van der Waals surface area contributed by atoms with Gasteiger partial charge in [-0.1, -0.05) is 0 Å². The van der Waals surface area contributed by atoms with E-state index in [4.69, 9.17) is 0 Å². The van der Waals surface area contributed by atoms with Gasteiger partial charge in [-0.25, -0.2) is 0 Å². The Morgan fingerprint density at radius 2 is 2.39 bits per heavy atom. The van der Waals surface area contributed by atoms with Crippen LogP contribution in [0.25, 0.3) is 6.08 Å². The number of aryl methyl sites for hydroxylation is 1. The number of H-pyrrole nitrogens is 1. The molecule has 18 heavy (non-hydrogen) atoms. The third-order valence-electron chi connectivity index (χ3n) is 2.54. The average molecular weight is 261 g/mol. The van der Waals surface area contributed by atoms with Crippen molar-refractivity contribution in [1.29, 1.82) is 0 Å². The molecule has 2 aromatic rings. The van der Waals surface area contributed by atoms with E-state index in [-0.39, 0.29) is 11.9 Å². The number of aromatic nitrogens is 2. The van der Waals surface area contributed by atoms with E-state index in [1.807, 2.05) is 32.1 Å². The fourth-order valence-corrected chi connectivity index (χ4v) is 2.32. The summed E-state index contributed by atoms with van der Waals surface area (Å²) in [5.74, 6) is -0.102. The SMILES string of the molecule is Cc1ccc(/C=C/C(=O)NC(C)c2cn[nH]c2)s1. The molecule has 2 rings (SSSR count). The maximum absolute atomic E-state index is 11.7. The first-order valence-electron chi connectivity index (χ1n) is 5.69. The topological polar surface area (TPSA) is 57.8 Å². The van der Waals surface area contributed by atoms with Crippen LogP contribution in [0.5, 0.6) is 0 Å². The molecule has 5 heteroatoms. The lowest BCUT2D eigenvalue weighted by atomic mass is 10.2. The zero-order valence-corrected chi connectivity index (χ0v) is 11.1. The third kappa shape index (κ3) is 3.30. The molecular weight excluding hydrogens is 246 g/mol. The Balaban J connectivity index is 1.91. The maximum Gasteiger partial charge on any atom is 0.244 e. The van der Waals surface area contributed by atoms with E-state index in [1.54, 1.807) is 29.8 Å². The molecule has 2 heterocycles. The number of carbonyl (C=O) groups is 1. The minimum atomic E-state index is -0.102. The summed E-state index contributed by atoms with van der Waals surface area (Å²) < 4.78 is 0. The molecule has 1 unspecified atom stereocenters. The number of hydrogen-bond acceptors (Lipinski definition) is 3. The Labute approximate surface area is 110 Å². The summed E-state index contributed by atoms with van der Waals surface area (Å²) in [6.45, 7) is 3.97. The molecule has 94 valence electrons. The monoisotopic (exact) mass is 261 g/mol. The number of amides is 1. The number of hydrogen-bond donors (Lipinski definition) is 2. The molecule has 2 N–H and O–H groups in total. The molecule has 2 aromatic heterocycles. The molecule has 0 fully saturated rings. The molecule has 0 aliphatic carbocycles. The van der Waals surface area contributed by atoms with E-state index >= 15 is 0 Å². The molecule has 1 amide bonds. The highest BCUT2D eigenvalue weighted by atomic mass is 32.1. The van der Waals surface area contributed by atoms with Crippen molar-refractivity contribution in [3.8, 4) is 0 Å². The zero-order chi connectivity index (χ0) is 13.0. The van der Waals surface area contributed by atoms with Gasteiger partial charge in [-0.15, -0.1) is 11.3 Å². The van der Waals surface area contributed by atoms with E-state index in [0.29, 0.717) is 0 Å². The van der Waals surface area contributed by atoms with Crippen molar-refractivity contribution < 1.29 is 4.79 Å². The van der Waals surface area contributed by atoms with E-state index in [2.05, 4.69) is 15.5 Å². The van der Waals surface area contributed by atoms with Gasteiger partial charge in [-0.3, -0.25) is 9.89 Å². The molecule has 0 saturated heterocycles. The second kappa shape index (κ2) is 5.64. The van der Waals surface area contributed by atoms with Crippen LogP contribution in [0.4, 0.5) is 0 Å². The summed E-state index contributed by atoms with van der Waals surface area (Å²) in [5.41, 5.74) is 0.962. The van der Waals surface area contributed by atoms with Gasteiger partial charge < -0.3 is 5.32 Å². The zero-order valence-electron chi connectivity index (χ0n) is 10.3. The van der Waals surface area contributed by atoms with Gasteiger partial charge in [0.05, 0.1) is 12.2 Å². The highest BCUT2D eigenvalue weighted by Gasteiger charge is 2.07. The molecule has 0 aliphatic rings. The fourth-order valence-electron chi connectivity index (χ4n) is 1.54. The van der Waals surface area contributed by atoms with E-state index < -0.39 is 0 Å². The third-order valence-corrected chi connectivity index (χ3v) is 3.50. The number of nitrogens with one attached hydrogen (secondary N) is 2. The van der Waals surface area contributed by atoms with Gasteiger partial charge in [0, 0.05) is 27.6 Å². The summed E-state index contributed by atoms with van der Waals surface area (Å²) in [5, 5.41) is 9.46. The van der Waals surface area contributed by atoms with Crippen LogP contribution >= 0.6 is 11.3 Å². The first-order valence-corrected chi connectivity index (χ1v) is 6.50. The van der Waals surface area contributed by atoms with Gasteiger partial charge in [0.1, 0.15) is 0 Å². The Bertz CT molecular complexity index is 542. The standard InChI is InChI=1S/C13H15N3OS/c1-9-3-4-12(18-9)5-6-13(17)16-10(2)11-7-14-15-8-11/h3-8,10H,1-2H3,(H,14,15)(H,16,17)/b6-5+. The second-order valence-corrected chi connectivity index (χ2v) is 5.36. The Morgan fingerprint density at radius 3 is 3.00 bits per heavy atom. The second-order valence-electron chi connectivity index (χ2n) is 4.04. The lowest BCUT2D eigenvalue weighted by Gasteiger charge is -2.09. The van der Waals surface area contributed by atoms with E-state index in [0.717, 1.165) is 10.4 Å². The van der Waals surface area contributed by atoms with Crippen LogP contribution in [0.2, 0.25) is 0 Å². The molecule has 4 nitrogen and oxygen atoms in total. The highest BCUT2D eigenvalue weighted by molar-refractivity contribution is 7.12. The number of thiophene rings is 1. The lowest BCUT2D eigenvalue weighted by Crippen LogP contribution is -2.24. The molecule has 0 radical (unpaired) electrons. The number of rotatable bonds is 4. The van der Waals surface area contributed by atoms with Gasteiger partial charge >= 0.3 is 0 Å². The lowest BCUT2D eigenvalue weighted by molar-refractivity contribution is -0.117. The van der Waals surface area contributed by atoms with Gasteiger partial charge in [0.2, 0.25) is 5.91 Å². The molecule has 1 atom stereocenters. The normalized spacial score (nSPS) is 12.8. The van der Waals surface area contributed by atoms with Crippen molar-refractivity contribution in [2.24, 2.45) is 0 Å². The summed E-state index contributed by atoms with van der Waals surface area (Å²) >= 11 is 1.66.